The predicted molar refractivity (Wildman–Crippen MR) is 93.7 cm³/mol. The molecule has 2 aromatic rings. The van der Waals surface area contributed by atoms with Gasteiger partial charge < -0.3 is 20.3 Å². The first-order chi connectivity index (χ1) is 11.7. The SMILES string of the molecule is Cl.O=C(NCC1CNCC1O)c1cccc(-c2noc(C3CC3)n2)c1. The first-order valence-corrected chi connectivity index (χ1v) is 8.32. The standard InChI is InChI=1S/C17H20N4O3.ClH/c22-14-9-18-7-13(14)8-19-16(23)12-3-1-2-11(6-12)15-20-17(24-21-15)10-4-5-10;/h1-3,6,10,13-14,18,22H,4-5,7-9H2,(H,19,23);1H. The Balaban J connectivity index is 0.00000182. The smallest absolute Gasteiger partial charge is 0.251 e. The number of aromatic nitrogens is 2. The van der Waals surface area contributed by atoms with Crippen molar-refractivity contribution in [1.82, 2.24) is 20.8 Å². The van der Waals surface area contributed by atoms with Gasteiger partial charge in [0.2, 0.25) is 11.7 Å². The van der Waals surface area contributed by atoms with Crippen molar-refractivity contribution in [1.29, 1.82) is 0 Å². The molecule has 1 saturated heterocycles. The van der Waals surface area contributed by atoms with E-state index in [0.29, 0.717) is 42.8 Å². The molecule has 0 spiro atoms. The van der Waals surface area contributed by atoms with Crippen molar-refractivity contribution in [2.45, 2.75) is 24.9 Å². The van der Waals surface area contributed by atoms with Gasteiger partial charge in [0, 0.05) is 42.6 Å². The second-order valence-corrected chi connectivity index (χ2v) is 6.51. The molecule has 3 N–H and O–H groups in total. The molecular formula is C17H21ClN4O3. The molecule has 2 fully saturated rings. The Morgan fingerprint density at radius 2 is 2.20 bits per heavy atom. The number of β-amino-alcohol motifs (C(OH)–C–C–N with tert-alkyl or cyclic N) is 1. The topological polar surface area (TPSA) is 100 Å². The number of rotatable bonds is 5. The lowest BCUT2D eigenvalue weighted by Gasteiger charge is -2.14. The maximum absolute atomic E-state index is 12.3. The van der Waals surface area contributed by atoms with Crippen LogP contribution < -0.4 is 10.6 Å². The molecule has 1 aliphatic carbocycles. The molecule has 0 radical (unpaired) electrons. The zero-order chi connectivity index (χ0) is 16.5. The maximum atomic E-state index is 12.3. The molecule has 1 amide bonds. The van der Waals surface area contributed by atoms with Crippen molar-refractivity contribution in [3.63, 3.8) is 0 Å². The van der Waals surface area contributed by atoms with Gasteiger partial charge in [0.25, 0.3) is 5.91 Å². The summed E-state index contributed by atoms with van der Waals surface area (Å²) in [5, 5.41) is 19.8. The van der Waals surface area contributed by atoms with Crippen LogP contribution >= 0.6 is 12.4 Å². The molecule has 1 aliphatic heterocycles. The predicted octanol–water partition coefficient (Wildman–Crippen LogP) is 1.35. The molecule has 1 aromatic heterocycles. The number of hydrogen-bond acceptors (Lipinski definition) is 6. The number of aliphatic hydroxyl groups excluding tert-OH is 1. The molecule has 2 unspecified atom stereocenters. The number of nitrogens with one attached hydrogen (secondary N) is 2. The molecule has 25 heavy (non-hydrogen) atoms. The van der Waals surface area contributed by atoms with E-state index in [1.165, 1.54) is 0 Å². The molecule has 134 valence electrons. The zero-order valence-electron chi connectivity index (χ0n) is 13.6. The van der Waals surface area contributed by atoms with Gasteiger partial charge in [0.1, 0.15) is 0 Å². The fourth-order valence-corrected chi connectivity index (χ4v) is 2.90. The van der Waals surface area contributed by atoms with Crippen molar-refractivity contribution in [3.05, 3.63) is 35.7 Å². The van der Waals surface area contributed by atoms with Crippen LogP contribution in [0.4, 0.5) is 0 Å². The second kappa shape index (κ2) is 7.51. The van der Waals surface area contributed by atoms with Crippen LogP contribution in [0.5, 0.6) is 0 Å². The average Bonchev–Trinajstić information content (AvgIpc) is 3.19. The molecule has 0 bridgehead atoms. The normalized spacial score (nSPS) is 22.4. The fraction of sp³-hybridized carbons (Fsp3) is 0.471. The van der Waals surface area contributed by atoms with E-state index in [-0.39, 0.29) is 24.2 Å². The number of amides is 1. The summed E-state index contributed by atoms with van der Waals surface area (Å²) < 4.78 is 5.27. The highest BCUT2D eigenvalue weighted by atomic mass is 35.5. The van der Waals surface area contributed by atoms with Gasteiger partial charge in [-0.1, -0.05) is 17.3 Å². The van der Waals surface area contributed by atoms with Gasteiger partial charge in [-0.2, -0.15) is 4.98 Å². The molecule has 2 atom stereocenters. The third-order valence-electron chi connectivity index (χ3n) is 4.58. The van der Waals surface area contributed by atoms with E-state index in [4.69, 9.17) is 4.52 Å². The molecule has 4 rings (SSSR count). The summed E-state index contributed by atoms with van der Waals surface area (Å²) in [6, 6.07) is 7.19. The number of carbonyl (C=O) groups is 1. The molecule has 2 aliphatic rings. The van der Waals surface area contributed by atoms with E-state index in [2.05, 4.69) is 20.8 Å². The lowest BCUT2D eigenvalue weighted by atomic mass is 10.1. The van der Waals surface area contributed by atoms with Gasteiger partial charge >= 0.3 is 0 Å². The number of nitrogens with zero attached hydrogens (tertiary/aromatic N) is 2. The van der Waals surface area contributed by atoms with Crippen molar-refractivity contribution in [2.75, 3.05) is 19.6 Å². The van der Waals surface area contributed by atoms with Crippen LogP contribution in [0.25, 0.3) is 11.4 Å². The van der Waals surface area contributed by atoms with E-state index in [9.17, 15) is 9.90 Å². The average molecular weight is 365 g/mol. The Labute approximate surface area is 151 Å². The number of hydrogen-bond donors (Lipinski definition) is 3. The Bertz CT molecular complexity index is 747. The van der Waals surface area contributed by atoms with E-state index in [1.807, 2.05) is 12.1 Å². The van der Waals surface area contributed by atoms with E-state index >= 15 is 0 Å². The summed E-state index contributed by atoms with van der Waals surface area (Å²) in [5.41, 5.74) is 1.31. The second-order valence-electron chi connectivity index (χ2n) is 6.51. The largest absolute Gasteiger partial charge is 0.391 e. The number of carbonyl (C=O) groups excluding carboxylic acids is 1. The summed E-state index contributed by atoms with van der Waals surface area (Å²) in [6.07, 6.45) is 1.80. The summed E-state index contributed by atoms with van der Waals surface area (Å²) in [4.78, 5) is 16.7. The van der Waals surface area contributed by atoms with Gasteiger partial charge in [0.05, 0.1) is 6.10 Å². The van der Waals surface area contributed by atoms with Gasteiger partial charge in [-0.3, -0.25) is 4.79 Å². The quantitative estimate of drug-likeness (QED) is 0.740. The molecule has 7 nitrogen and oxygen atoms in total. The molecule has 1 aromatic carbocycles. The Hall–Kier alpha value is -1.96. The highest BCUT2D eigenvalue weighted by molar-refractivity contribution is 5.95. The third-order valence-corrected chi connectivity index (χ3v) is 4.58. The number of aliphatic hydroxyl groups is 1. The Morgan fingerprint density at radius 1 is 1.36 bits per heavy atom. The van der Waals surface area contributed by atoms with Crippen LogP contribution in [0.15, 0.2) is 28.8 Å². The van der Waals surface area contributed by atoms with Crippen LogP contribution in [-0.2, 0) is 0 Å². The summed E-state index contributed by atoms with van der Waals surface area (Å²) in [7, 11) is 0. The highest BCUT2D eigenvalue weighted by Gasteiger charge is 2.30. The lowest BCUT2D eigenvalue weighted by Crippen LogP contribution is -2.34. The zero-order valence-corrected chi connectivity index (χ0v) is 14.5. The van der Waals surface area contributed by atoms with Crippen molar-refractivity contribution in [2.24, 2.45) is 5.92 Å². The minimum Gasteiger partial charge on any atom is -0.391 e. The maximum Gasteiger partial charge on any atom is 0.251 e. The summed E-state index contributed by atoms with van der Waals surface area (Å²) in [6.45, 7) is 1.75. The van der Waals surface area contributed by atoms with E-state index in [1.54, 1.807) is 12.1 Å². The van der Waals surface area contributed by atoms with Crippen LogP contribution in [-0.4, -0.2) is 46.9 Å². The Morgan fingerprint density at radius 3 is 2.92 bits per heavy atom. The molecular weight excluding hydrogens is 344 g/mol. The van der Waals surface area contributed by atoms with Gasteiger partial charge in [-0.25, -0.2) is 0 Å². The van der Waals surface area contributed by atoms with Crippen molar-refractivity contribution in [3.8, 4) is 11.4 Å². The van der Waals surface area contributed by atoms with Gasteiger partial charge in [-0.15, -0.1) is 12.4 Å². The highest BCUT2D eigenvalue weighted by Crippen LogP contribution is 2.39. The van der Waals surface area contributed by atoms with Gasteiger partial charge in [-0.05, 0) is 25.0 Å². The van der Waals surface area contributed by atoms with Crippen LogP contribution in [0, 0.1) is 5.92 Å². The summed E-state index contributed by atoms with van der Waals surface area (Å²) >= 11 is 0. The minimum atomic E-state index is -0.406. The van der Waals surface area contributed by atoms with E-state index < -0.39 is 6.10 Å². The summed E-state index contributed by atoms with van der Waals surface area (Å²) in [5.74, 6) is 1.49. The number of benzene rings is 1. The molecule has 1 saturated carbocycles. The van der Waals surface area contributed by atoms with Crippen LogP contribution in [0.2, 0.25) is 0 Å². The monoisotopic (exact) mass is 364 g/mol. The first-order valence-electron chi connectivity index (χ1n) is 8.32. The molecule has 8 heteroatoms. The minimum absolute atomic E-state index is 0. The third kappa shape index (κ3) is 4.00. The van der Waals surface area contributed by atoms with Crippen molar-refractivity contribution >= 4 is 18.3 Å². The van der Waals surface area contributed by atoms with Crippen molar-refractivity contribution < 1.29 is 14.4 Å². The van der Waals surface area contributed by atoms with Gasteiger partial charge in [0.15, 0.2) is 0 Å². The van der Waals surface area contributed by atoms with Crippen LogP contribution in [0.1, 0.15) is 35.0 Å². The lowest BCUT2D eigenvalue weighted by molar-refractivity contribution is 0.0927. The fourth-order valence-electron chi connectivity index (χ4n) is 2.90. The van der Waals surface area contributed by atoms with Crippen LogP contribution in [0.3, 0.4) is 0 Å². The Kier molecular flexibility index (Phi) is 5.36. The van der Waals surface area contributed by atoms with E-state index in [0.717, 1.165) is 18.4 Å². The first kappa shape index (κ1) is 17.8. The number of halogens is 1. The molecule has 2 heterocycles.